The Morgan fingerprint density at radius 2 is 2.00 bits per heavy atom. The van der Waals surface area contributed by atoms with Crippen LogP contribution < -0.4 is 10.6 Å². The van der Waals surface area contributed by atoms with Crippen LogP contribution >= 0.6 is 0 Å². The SMILES string of the molecule is CNC1CCN(C(=O)NC(C)(C)C)CC1C. The van der Waals surface area contributed by atoms with Gasteiger partial charge in [-0.3, -0.25) is 0 Å². The fourth-order valence-corrected chi connectivity index (χ4v) is 2.16. The van der Waals surface area contributed by atoms with Gasteiger partial charge < -0.3 is 15.5 Å². The smallest absolute Gasteiger partial charge is 0.317 e. The van der Waals surface area contributed by atoms with Gasteiger partial charge in [0, 0.05) is 24.7 Å². The molecule has 1 aliphatic rings. The molecule has 2 unspecified atom stereocenters. The Kier molecular flexibility index (Phi) is 4.19. The highest BCUT2D eigenvalue weighted by molar-refractivity contribution is 5.75. The molecule has 0 aromatic rings. The zero-order chi connectivity index (χ0) is 12.3. The van der Waals surface area contributed by atoms with Crippen molar-refractivity contribution in [3.8, 4) is 0 Å². The normalized spacial score (nSPS) is 26.7. The van der Waals surface area contributed by atoms with Gasteiger partial charge in [-0.05, 0) is 40.2 Å². The van der Waals surface area contributed by atoms with E-state index in [1.165, 1.54) is 0 Å². The maximum absolute atomic E-state index is 11.9. The number of rotatable bonds is 1. The molecule has 16 heavy (non-hydrogen) atoms. The molecule has 0 saturated carbocycles. The molecule has 4 heteroatoms. The van der Waals surface area contributed by atoms with Crippen LogP contribution in [0, 0.1) is 5.92 Å². The highest BCUT2D eigenvalue weighted by Crippen LogP contribution is 2.16. The summed E-state index contributed by atoms with van der Waals surface area (Å²) in [5.74, 6) is 0.518. The molecule has 0 aromatic carbocycles. The summed E-state index contributed by atoms with van der Waals surface area (Å²) in [6.07, 6.45) is 1.04. The van der Waals surface area contributed by atoms with Crippen molar-refractivity contribution < 1.29 is 4.79 Å². The lowest BCUT2D eigenvalue weighted by molar-refractivity contribution is 0.146. The van der Waals surface area contributed by atoms with Crippen molar-refractivity contribution in [2.75, 3.05) is 20.1 Å². The van der Waals surface area contributed by atoms with Crippen LogP contribution in [0.5, 0.6) is 0 Å². The number of nitrogens with zero attached hydrogens (tertiary/aromatic N) is 1. The molecule has 0 bridgehead atoms. The number of nitrogens with one attached hydrogen (secondary N) is 2. The van der Waals surface area contributed by atoms with Gasteiger partial charge in [-0.25, -0.2) is 4.79 Å². The summed E-state index contributed by atoms with van der Waals surface area (Å²) in [5.41, 5.74) is -0.153. The summed E-state index contributed by atoms with van der Waals surface area (Å²) in [6.45, 7) is 9.90. The molecule has 0 aliphatic carbocycles. The number of carbonyl (C=O) groups excluding carboxylic acids is 1. The van der Waals surface area contributed by atoms with Crippen LogP contribution in [0.2, 0.25) is 0 Å². The van der Waals surface area contributed by atoms with Gasteiger partial charge in [0.1, 0.15) is 0 Å². The first kappa shape index (κ1) is 13.3. The van der Waals surface area contributed by atoms with Crippen molar-refractivity contribution in [2.24, 2.45) is 5.92 Å². The zero-order valence-electron chi connectivity index (χ0n) is 11.1. The molecule has 1 fully saturated rings. The van der Waals surface area contributed by atoms with Gasteiger partial charge in [-0.2, -0.15) is 0 Å². The molecule has 0 aromatic heterocycles. The summed E-state index contributed by atoms with van der Waals surface area (Å²) >= 11 is 0. The van der Waals surface area contributed by atoms with Crippen molar-refractivity contribution in [3.63, 3.8) is 0 Å². The van der Waals surface area contributed by atoms with Crippen molar-refractivity contribution in [1.82, 2.24) is 15.5 Å². The van der Waals surface area contributed by atoms with Gasteiger partial charge in [0.2, 0.25) is 0 Å². The third-order valence-electron chi connectivity index (χ3n) is 3.05. The molecular weight excluding hydrogens is 202 g/mol. The number of amides is 2. The standard InChI is InChI=1S/C12H25N3O/c1-9-8-15(7-6-10(9)13-5)11(16)14-12(2,3)4/h9-10,13H,6-8H2,1-5H3,(H,14,16). The lowest BCUT2D eigenvalue weighted by Crippen LogP contribution is -2.55. The Hall–Kier alpha value is -0.770. The summed E-state index contributed by atoms with van der Waals surface area (Å²) in [7, 11) is 1.99. The fraction of sp³-hybridized carbons (Fsp3) is 0.917. The molecular formula is C12H25N3O. The molecule has 94 valence electrons. The second kappa shape index (κ2) is 5.04. The van der Waals surface area contributed by atoms with E-state index in [0.29, 0.717) is 12.0 Å². The predicted molar refractivity (Wildman–Crippen MR) is 66.5 cm³/mol. The van der Waals surface area contributed by atoms with E-state index in [1.807, 2.05) is 32.7 Å². The van der Waals surface area contributed by atoms with E-state index in [2.05, 4.69) is 17.6 Å². The summed E-state index contributed by atoms with van der Waals surface area (Å²) < 4.78 is 0. The molecule has 1 saturated heterocycles. The zero-order valence-corrected chi connectivity index (χ0v) is 11.1. The van der Waals surface area contributed by atoms with E-state index in [1.54, 1.807) is 0 Å². The average molecular weight is 227 g/mol. The number of carbonyl (C=O) groups is 1. The lowest BCUT2D eigenvalue weighted by atomic mass is 9.94. The molecule has 2 atom stereocenters. The van der Waals surface area contributed by atoms with Gasteiger partial charge in [-0.1, -0.05) is 6.92 Å². The Bertz CT molecular complexity index is 247. The minimum Gasteiger partial charge on any atom is -0.333 e. The molecule has 2 N–H and O–H groups in total. The number of hydrogen-bond acceptors (Lipinski definition) is 2. The molecule has 4 nitrogen and oxygen atoms in total. The van der Waals surface area contributed by atoms with Gasteiger partial charge >= 0.3 is 6.03 Å². The maximum atomic E-state index is 11.9. The van der Waals surface area contributed by atoms with Gasteiger partial charge in [-0.15, -0.1) is 0 Å². The predicted octanol–water partition coefficient (Wildman–Crippen LogP) is 1.42. The van der Waals surface area contributed by atoms with E-state index >= 15 is 0 Å². The Labute approximate surface area is 98.8 Å². The highest BCUT2D eigenvalue weighted by atomic mass is 16.2. The summed E-state index contributed by atoms with van der Waals surface area (Å²) in [4.78, 5) is 13.9. The third-order valence-corrected chi connectivity index (χ3v) is 3.05. The van der Waals surface area contributed by atoms with Gasteiger partial charge in [0.05, 0.1) is 0 Å². The fourth-order valence-electron chi connectivity index (χ4n) is 2.16. The first-order valence-electron chi connectivity index (χ1n) is 6.08. The molecule has 2 amide bonds. The number of piperidine rings is 1. The largest absolute Gasteiger partial charge is 0.333 e. The maximum Gasteiger partial charge on any atom is 0.317 e. The highest BCUT2D eigenvalue weighted by Gasteiger charge is 2.28. The van der Waals surface area contributed by atoms with Crippen LogP contribution in [0.15, 0.2) is 0 Å². The lowest BCUT2D eigenvalue weighted by Gasteiger charge is -2.38. The number of likely N-dealkylation sites (tertiary alicyclic amines) is 1. The van der Waals surface area contributed by atoms with E-state index in [-0.39, 0.29) is 11.6 Å². The van der Waals surface area contributed by atoms with Crippen LogP contribution in [0.3, 0.4) is 0 Å². The second-order valence-corrected chi connectivity index (χ2v) is 5.79. The minimum absolute atomic E-state index is 0.0638. The first-order chi connectivity index (χ1) is 7.33. The number of urea groups is 1. The average Bonchev–Trinajstić information content (AvgIpc) is 2.15. The Morgan fingerprint density at radius 1 is 1.38 bits per heavy atom. The van der Waals surface area contributed by atoms with Crippen LogP contribution in [0.4, 0.5) is 4.79 Å². The van der Waals surface area contributed by atoms with Gasteiger partial charge in [0.15, 0.2) is 0 Å². The third kappa shape index (κ3) is 3.67. The van der Waals surface area contributed by atoms with E-state index in [4.69, 9.17) is 0 Å². The minimum atomic E-state index is -0.153. The molecule has 1 aliphatic heterocycles. The second-order valence-electron chi connectivity index (χ2n) is 5.79. The van der Waals surface area contributed by atoms with Crippen molar-refractivity contribution in [1.29, 1.82) is 0 Å². The van der Waals surface area contributed by atoms with E-state index < -0.39 is 0 Å². The molecule has 0 spiro atoms. The van der Waals surface area contributed by atoms with Crippen molar-refractivity contribution in [2.45, 2.75) is 45.7 Å². The van der Waals surface area contributed by atoms with Crippen molar-refractivity contribution in [3.05, 3.63) is 0 Å². The molecule has 1 heterocycles. The summed E-state index contributed by atoms with van der Waals surface area (Å²) in [5, 5.41) is 6.31. The Balaban J connectivity index is 2.48. The van der Waals surface area contributed by atoms with Crippen LogP contribution in [-0.4, -0.2) is 42.6 Å². The van der Waals surface area contributed by atoms with Crippen LogP contribution in [0.1, 0.15) is 34.1 Å². The van der Waals surface area contributed by atoms with E-state index in [9.17, 15) is 4.79 Å². The van der Waals surface area contributed by atoms with Crippen LogP contribution in [-0.2, 0) is 0 Å². The molecule has 0 radical (unpaired) electrons. The molecule has 1 rings (SSSR count). The van der Waals surface area contributed by atoms with E-state index in [0.717, 1.165) is 19.5 Å². The number of hydrogen-bond donors (Lipinski definition) is 2. The topological polar surface area (TPSA) is 44.4 Å². The van der Waals surface area contributed by atoms with Gasteiger partial charge in [0.25, 0.3) is 0 Å². The monoisotopic (exact) mass is 227 g/mol. The Morgan fingerprint density at radius 3 is 2.44 bits per heavy atom. The van der Waals surface area contributed by atoms with Crippen LogP contribution in [0.25, 0.3) is 0 Å². The van der Waals surface area contributed by atoms with Crippen molar-refractivity contribution >= 4 is 6.03 Å². The quantitative estimate of drug-likeness (QED) is 0.711. The first-order valence-corrected chi connectivity index (χ1v) is 6.08. The summed E-state index contributed by atoms with van der Waals surface area (Å²) in [6, 6.07) is 0.604.